The molecule has 8 heteroatoms. The molecule has 0 aliphatic carbocycles. The number of hydrogen-bond acceptors (Lipinski definition) is 4. The molecule has 1 aliphatic heterocycles. The Hall–Kier alpha value is -1.93. The standard InChI is InChI=1S/C20H25ClN2O2S.CH2O2/c21-19-8-4-7-17(13-19)14-20(22)18-9-11-23(12-10-18)26(24,25)15-16-5-2-1-3-6-16;2-1-3/h1-8,13,18,20H,9-12,14-15,22H2;1H,(H,2,3). The highest BCUT2D eigenvalue weighted by Gasteiger charge is 2.30. The lowest BCUT2D eigenvalue weighted by Crippen LogP contribution is -2.44. The zero-order valence-corrected chi connectivity index (χ0v) is 17.7. The molecule has 0 aromatic heterocycles. The Kier molecular flexibility index (Phi) is 9.10. The zero-order valence-electron chi connectivity index (χ0n) is 16.2. The molecule has 2 aromatic carbocycles. The Balaban J connectivity index is 0.000000941. The van der Waals surface area contributed by atoms with Crippen molar-refractivity contribution in [1.82, 2.24) is 4.31 Å². The molecule has 1 heterocycles. The van der Waals surface area contributed by atoms with Crippen molar-refractivity contribution < 1.29 is 18.3 Å². The first kappa shape index (κ1) is 23.3. The van der Waals surface area contributed by atoms with E-state index in [-0.39, 0.29) is 18.3 Å². The van der Waals surface area contributed by atoms with Gasteiger partial charge < -0.3 is 10.8 Å². The van der Waals surface area contributed by atoms with Crippen LogP contribution >= 0.6 is 11.6 Å². The summed E-state index contributed by atoms with van der Waals surface area (Å²) in [4.78, 5) is 8.36. The quantitative estimate of drug-likeness (QED) is 0.674. The number of carboxylic acid groups (broad SMARTS) is 1. The van der Waals surface area contributed by atoms with Crippen LogP contribution in [0.5, 0.6) is 0 Å². The first-order valence-corrected chi connectivity index (χ1v) is 11.4. The van der Waals surface area contributed by atoms with Gasteiger partial charge in [0, 0.05) is 24.2 Å². The monoisotopic (exact) mass is 438 g/mol. The second-order valence-corrected chi connectivity index (χ2v) is 9.49. The summed E-state index contributed by atoms with van der Waals surface area (Å²) in [6, 6.07) is 17.1. The number of halogens is 1. The molecule has 3 N–H and O–H groups in total. The van der Waals surface area contributed by atoms with Crippen molar-refractivity contribution in [3.63, 3.8) is 0 Å². The predicted octanol–water partition coefficient (Wildman–Crippen LogP) is 3.15. The summed E-state index contributed by atoms with van der Waals surface area (Å²) in [5.41, 5.74) is 8.35. The summed E-state index contributed by atoms with van der Waals surface area (Å²) in [5.74, 6) is 0.393. The van der Waals surface area contributed by atoms with Gasteiger partial charge >= 0.3 is 0 Å². The highest BCUT2D eigenvalue weighted by molar-refractivity contribution is 7.88. The van der Waals surface area contributed by atoms with Crippen LogP contribution in [-0.4, -0.2) is 43.4 Å². The van der Waals surface area contributed by atoms with Crippen molar-refractivity contribution in [1.29, 1.82) is 0 Å². The van der Waals surface area contributed by atoms with E-state index in [0.29, 0.717) is 19.0 Å². The minimum absolute atomic E-state index is 0.0208. The molecule has 1 aliphatic rings. The Morgan fingerprint density at radius 3 is 2.28 bits per heavy atom. The summed E-state index contributed by atoms with van der Waals surface area (Å²) >= 11 is 6.04. The largest absolute Gasteiger partial charge is 0.483 e. The number of benzene rings is 2. The van der Waals surface area contributed by atoms with E-state index in [2.05, 4.69) is 0 Å². The lowest BCUT2D eigenvalue weighted by atomic mass is 9.87. The van der Waals surface area contributed by atoms with Gasteiger partial charge in [-0.3, -0.25) is 4.79 Å². The Labute approximate surface area is 177 Å². The minimum atomic E-state index is -3.27. The number of hydrogen-bond donors (Lipinski definition) is 2. The number of nitrogens with zero attached hydrogens (tertiary/aromatic N) is 1. The zero-order chi connectivity index (χ0) is 21.3. The highest BCUT2D eigenvalue weighted by atomic mass is 35.5. The molecule has 0 amide bonds. The molecular formula is C21H27ClN2O4S. The van der Waals surface area contributed by atoms with E-state index in [1.165, 1.54) is 0 Å². The summed E-state index contributed by atoms with van der Waals surface area (Å²) in [6.45, 7) is 0.839. The van der Waals surface area contributed by atoms with Gasteiger partial charge in [0.2, 0.25) is 10.0 Å². The van der Waals surface area contributed by atoms with Crippen molar-refractivity contribution in [3.8, 4) is 0 Å². The molecule has 0 radical (unpaired) electrons. The Morgan fingerprint density at radius 1 is 1.10 bits per heavy atom. The highest BCUT2D eigenvalue weighted by Crippen LogP contribution is 2.25. The van der Waals surface area contributed by atoms with E-state index >= 15 is 0 Å². The van der Waals surface area contributed by atoms with Crippen molar-refractivity contribution in [2.45, 2.75) is 31.1 Å². The van der Waals surface area contributed by atoms with E-state index in [1.54, 1.807) is 4.31 Å². The third-order valence-corrected chi connectivity index (χ3v) is 7.13. The fourth-order valence-corrected chi connectivity index (χ4v) is 5.34. The molecule has 1 unspecified atom stereocenters. The van der Waals surface area contributed by atoms with Crippen molar-refractivity contribution in [3.05, 3.63) is 70.7 Å². The molecule has 3 rings (SSSR count). The van der Waals surface area contributed by atoms with E-state index in [0.717, 1.165) is 35.4 Å². The van der Waals surface area contributed by atoms with Crippen LogP contribution in [0.15, 0.2) is 54.6 Å². The average Bonchev–Trinajstić information content (AvgIpc) is 2.69. The molecule has 29 heavy (non-hydrogen) atoms. The maximum atomic E-state index is 12.6. The van der Waals surface area contributed by atoms with Crippen molar-refractivity contribution in [2.24, 2.45) is 11.7 Å². The number of piperidine rings is 1. The Morgan fingerprint density at radius 2 is 1.69 bits per heavy atom. The molecular weight excluding hydrogens is 412 g/mol. The van der Waals surface area contributed by atoms with Crippen LogP contribution in [0, 0.1) is 5.92 Å². The SMILES string of the molecule is NC(Cc1cccc(Cl)c1)C1CCN(S(=O)(=O)Cc2ccccc2)CC1.O=CO. The minimum Gasteiger partial charge on any atom is -0.483 e. The third kappa shape index (κ3) is 7.44. The van der Waals surface area contributed by atoms with Crippen molar-refractivity contribution >= 4 is 28.1 Å². The van der Waals surface area contributed by atoms with E-state index < -0.39 is 10.0 Å². The van der Waals surface area contributed by atoms with Gasteiger partial charge in [-0.05, 0) is 48.4 Å². The molecule has 158 valence electrons. The first-order chi connectivity index (χ1) is 13.9. The molecule has 0 bridgehead atoms. The van der Waals surface area contributed by atoms with Crippen LogP contribution in [0.3, 0.4) is 0 Å². The summed E-state index contributed by atoms with van der Waals surface area (Å²) in [7, 11) is -3.27. The molecule has 6 nitrogen and oxygen atoms in total. The topological polar surface area (TPSA) is 101 Å². The molecule has 0 spiro atoms. The molecule has 1 saturated heterocycles. The van der Waals surface area contributed by atoms with Gasteiger partial charge in [0.05, 0.1) is 5.75 Å². The third-order valence-electron chi connectivity index (χ3n) is 5.05. The molecule has 1 atom stereocenters. The van der Waals surface area contributed by atoms with E-state index in [4.69, 9.17) is 27.2 Å². The van der Waals surface area contributed by atoms with Gasteiger partial charge in [-0.2, -0.15) is 0 Å². The predicted molar refractivity (Wildman–Crippen MR) is 115 cm³/mol. The lowest BCUT2D eigenvalue weighted by molar-refractivity contribution is -0.122. The normalized spacial score (nSPS) is 16.5. The van der Waals surface area contributed by atoms with Crippen LogP contribution < -0.4 is 5.73 Å². The van der Waals surface area contributed by atoms with Crippen LogP contribution in [0.4, 0.5) is 0 Å². The van der Waals surface area contributed by atoms with Crippen molar-refractivity contribution in [2.75, 3.05) is 13.1 Å². The van der Waals surface area contributed by atoms with Gasteiger partial charge in [0.15, 0.2) is 0 Å². The number of rotatable bonds is 6. The first-order valence-electron chi connectivity index (χ1n) is 9.45. The fraction of sp³-hybridized carbons (Fsp3) is 0.381. The summed E-state index contributed by atoms with van der Waals surface area (Å²) in [5, 5.41) is 7.61. The van der Waals surface area contributed by atoms with Gasteiger partial charge in [-0.1, -0.05) is 54.1 Å². The van der Waals surface area contributed by atoms with Gasteiger partial charge in [0.1, 0.15) is 0 Å². The van der Waals surface area contributed by atoms with Crippen LogP contribution in [0.1, 0.15) is 24.0 Å². The second-order valence-electron chi connectivity index (χ2n) is 7.08. The van der Waals surface area contributed by atoms with Gasteiger partial charge in [-0.15, -0.1) is 0 Å². The number of carbonyl (C=O) groups is 1. The maximum absolute atomic E-state index is 12.6. The average molecular weight is 439 g/mol. The van der Waals surface area contributed by atoms with Crippen LogP contribution in [-0.2, 0) is 27.0 Å². The number of sulfonamides is 1. The van der Waals surface area contributed by atoms with Gasteiger partial charge in [-0.25, -0.2) is 12.7 Å². The summed E-state index contributed by atoms with van der Waals surface area (Å²) in [6.07, 6.45) is 2.37. The smallest absolute Gasteiger partial charge is 0.290 e. The van der Waals surface area contributed by atoms with E-state index in [1.807, 2.05) is 54.6 Å². The molecule has 1 fully saturated rings. The van der Waals surface area contributed by atoms with Gasteiger partial charge in [0.25, 0.3) is 6.47 Å². The maximum Gasteiger partial charge on any atom is 0.290 e. The fourth-order valence-electron chi connectivity index (χ4n) is 3.56. The number of nitrogens with two attached hydrogens (primary N) is 1. The second kappa shape index (κ2) is 11.3. The summed E-state index contributed by atoms with van der Waals surface area (Å²) < 4.78 is 26.9. The molecule has 2 aromatic rings. The Bertz CT molecular complexity index is 869. The lowest BCUT2D eigenvalue weighted by Gasteiger charge is -2.34. The van der Waals surface area contributed by atoms with Crippen LogP contribution in [0.25, 0.3) is 0 Å². The van der Waals surface area contributed by atoms with E-state index in [9.17, 15) is 8.42 Å². The van der Waals surface area contributed by atoms with Crippen LogP contribution in [0.2, 0.25) is 5.02 Å². The molecule has 0 saturated carbocycles.